The number of rotatable bonds is 6. The van der Waals surface area contributed by atoms with Crippen molar-refractivity contribution in [2.24, 2.45) is 12.8 Å². The van der Waals surface area contributed by atoms with Crippen molar-refractivity contribution >= 4 is 44.7 Å². The highest BCUT2D eigenvalue weighted by Gasteiger charge is 2.36. The highest BCUT2D eigenvalue weighted by atomic mass is 32.1. The Labute approximate surface area is 203 Å². The average Bonchev–Trinajstić information content (AvgIpc) is 3.47. The van der Waals surface area contributed by atoms with Crippen LogP contribution in [0.1, 0.15) is 38.5 Å². The van der Waals surface area contributed by atoms with E-state index in [1.54, 1.807) is 18.5 Å². The highest BCUT2D eigenvalue weighted by Crippen LogP contribution is 2.44. The molecule has 0 aliphatic heterocycles. The van der Waals surface area contributed by atoms with Crippen LogP contribution >= 0.6 is 11.3 Å². The molecule has 12 nitrogen and oxygen atoms in total. The van der Waals surface area contributed by atoms with Crippen LogP contribution in [-0.2, 0) is 19.8 Å². The molecule has 4 rings (SSSR count). The van der Waals surface area contributed by atoms with Crippen LogP contribution in [0.3, 0.4) is 0 Å². The minimum absolute atomic E-state index is 0.00285. The second-order valence-corrected chi connectivity index (χ2v) is 8.58. The number of carbonyl (C=O) groups is 2. The van der Waals surface area contributed by atoms with Gasteiger partial charge in [-0.1, -0.05) is 0 Å². The summed E-state index contributed by atoms with van der Waals surface area (Å²) in [4.78, 5) is 39.0. The van der Waals surface area contributed by atoms with Gasteiger partial charge in [0.15, 0.2) is 0 Å². The van der Waals surface area contributed by atoms with Crippen molar-refractivity contribution in [2.75, 3.05) is 5.32 Å². The summed E-state index contributed by atoms with van der Waals surface area (Å²) in [5.74, 6) is -2.05. The maximum absolute atomic E-state index is 13.7. The lowest BCUT2D eigenvalue weighted by molar-refractivity contribution is -0.385. The Kier molecular flexibility index (Phi) is 5.99. The zero-order chi connectivity index (χ0) is 26.5. The van der Waals surface area contributed by atoms with Gasteiger partial charge in [0.05, 0.1) is 16.8 Å². The topological polar surface area (TPSA) is 164 Å². The minimum atomic E-state index is -4.81. The fourth-order valence-corrected chi connectivity index (χ4v) is 4.78. The predicted octanol–water partition coefficient (Wildman–Crippen LogP) is 3.50. The summed E-state index contributed by atoms with van der Waals surface area (Å²) in [6, 6.07) is 0.798. The Morgan fingerprint density at radius 1 is 1.25 bits per heavy atom. The number of thiophene rings is 1. The van der Waals surface area contributed by atoms with E-state index in [0.717, 1.165) is 16.9 Å². The Morgan fingerprint density at radius 3 is 2.50 bits per heavy atom. The first kappa shape index (κ1) is 24.8. The summed E-state index contributed by atoms with van der Waals surface area (Å²) < 4.78 is 43.6. The molecule has 4 heterocycles. The molecule has 0 saturated heterocycles. The van der Waals surface area contributed by atoms with E-state index in [1.165, 1.54) is 13.2 Å². The third kappa shape index (κ3) is 4.04. The molecule has 0 aliphatic carbocycles. The predicted molar refractivity (Wildman–Crippen MR) is 123 cm³/mol. The molecule has 188 valence electrons. The molecule has 0 bridgehead atoms. The molecule has 0 fully saturated rings. The van der Waals surface area contributed by atoms with Crippen LogP contribution in [-0.4, -0.2) is 41.3 Å². The summed E-state index contributed by atoms with van der Waals surface area (Å²) in [6.07, 6.45) is -2.57. The third-order valence-electron chi connectivity index (χ3n) is 5.44. The van der Waals surface area contributed by atoms with Crippen LogP contribution < -0.4 is 11.1 Å². The average molecular weight is 522 g/mol. The molecule has 0 unspecified atom stereocenters. The maximum atomic E-state index is 13.7. The van der Waals surface area contributed by atoms with Crippen LogP contribution in [0, 0.1) is 17.0 Å². The second kappa shape index (κ2) is 8.71. The summed E-state index contributed by atoms with van der Waals surface area (Å²) in [6.45, 7) is 3.90. The van der Waals surface area contributed by atoms with Gasteiger partial charge in [-0.15, -0.1) is 11.3 Å². The summed E-state index contributed by atoms with van der Waals surface area (Å²) in [5.41, 5.74) is 3.84. The van der Waals surface area contributed by atoms with Gasteiger partial charge < -0.3 is 11.1 Å². The lowest BCUT2D eigenvalue weighted by Gasteiger charge is -2.12. The number of aryl methyl sites for hydroxylation is 2. The Balaban J connectivity index is 2.02. The quantitative estimate of drug-likeness (QED) is 0.289. The van der Waals surface area contributed by atoms with Gasteiger partial charge in [-0.25, -0.2) is 4.98 Å². The largest absolute Gasteiger partial charge is 0.433 e. The van der Waals surface area contributed by atoms with Crippen molar-refractivity contribution < 1.29 is 27.7 Å². The zero-order valence-corrected chi connectivity index (χ0v) is 19.7. The second-order valence-electron chi connectivity index (χ2n) is 7.58. The lowest BCUT2D eigenvalue weighted by Crippen LogP contribution is -2.20. The van der Waals surface area contributed by atoms with Gasteiger partial charge in [0, 0.05) is 30.2 Å². The van der Waals surface area contributed by atoms with Gasteiger partial charge >= 0.3 is 11.9 Å². The fraction of sp³-hybridized carbons (Fsp3) is 0.250. The number of anilines is 1. The van der Waals surface area contributed by atoms with Crippen molar-refractivity contribution in [2.45, 2.75) is 26.6 Å². The lowest BCUT2D eigenvalue weighted by atomic mass is 10.0. The van der Waals surface area contributed by atoms with E-state index in [1.807, 2.05) is 0 Å². The van der Waals surface area contributed by atoms with E-state index in [0.29, 0.717) is 29.1 Å². The van der Waals surface area contributed by atoms with Gasteiger partial charge in [-0.05, 0) is 25.5 Å². The molecule has 0 spiro atoms. The number of nitrogens with two attached hydrogens (primary N) is 1. The number of nitrogens with one attached hydrogen (secondary N) is 1. The van der Waals surface area contributed by atoms with E-state index >= 15 is 0 Å². The van der Waals surface area contributed by atoms with Gasteiger partial charge in [0.25, 0.3) is 11.8 Å². The number of hydrogen-bond donors (Lipinski definition) is 2. The minimum Gasteiger partial charge on any atom is -0.365 e. The third-order valence-corrected chi connectivity index (χ3v) is 6.54. The number of carbonyl (C=O) groups excluding carboxylic acids is 2. The zero-order valence-electron chi connectivity index (χ0n) is 18.9. The number of aromatic nitrogens is 5. The molecule has 16 heteroatoms. The number of pyridine rings is 1. The van der Waals surface area contributed by atoms with E-state index in [4.69, 9.17) is 5.73 Å². The standard InChI is InChI=1S/C20H17F3N8O4S/c1-4-30-8(2)10(6-26-30)9-5-12(20(21,22)23)27-19-13(9)14(16(36-19)17(24)32)28-18(33)15-11(31(34)35)7-25-29(15)3/h5-7H,4H2,1-3H3,(H2,24,32)(H,28,33). The number of amides is 2. The van der Waals surface area contributed by atoms with Crippen LogP contribution in [0.2, 0.25) is 0 Å². The molecule has 3 N–H and O–H groups in total. The van der Waals surface area contributed by atoms with Crippen LogP contribution in [0.4, 0.5) is 24.5 Å². The Bertz CT molecular complexity index is 1550. The van der Waals surface area contributed by atoms with Crippen molar-refractivity contribution in [1.29, 1.82) is 0 Å². The summed E-state index contributed by atoms with van der Waals surface area (Å²) >= 11 is 0.560. The molecule has 36 heavy (non-hydrogen) atoms. The first-order valence-corrected chi connectivity index (χ1v) is 11.0. The number of nitrogens with zero attached hydrogens (tertiary/aromatic N) is 6. The van der Waals surface area contributed by atoms with Crippen molar-refractivity contribution in [1.82, 2.24) is 24.5 Å². The van der Waals surface area contributed by atoms with Crippen LogP contribution in [0.15, 0.2) is 18.5 Å². The molecule has 4 aromatic heterocycles. The maximum Gasteiger partial charge on any atom is 0.433 e. The SMILES string of the molecule is CCn1ncc(-c2cc(C(F)(F)F)nc3sc(C(N)=O)c(NC(=O)c4c([N+](=O)[O-])cnn4C)c23)c1C. The molecule has 0 saturated carbocycles. The summed E-state index contributed by atoms with van der Waals surface area (Å²) in [5, 5.41) is 21.7. The van der Waals surface area contributed by atoms with E-state index in [-0.39, 0.29) is 26.3 Å². The monoisotopic (exact) mass is 522 g/mol. The molecule has 0 atom stereocenters. The Morgan fingerprint density at radius 2 is 1.94 bits per heavy atom. The summed E-state index contributed by atoms with van der Waals surface area (Å²) in [7, 11) is 1.30. The van der Waals surface area contributed by atoms with E-state index in [2.05, 4.69) is 20.5 Å². The molecular weight excluding hydrogens is 505 g/mol. The smallest absolute Gasteiger partial charge is 0.365 e. The van der Waals surface area contributed by atoms with Gasteiger partial charge in [0.2, 0.25) is 5.69 Å². The van der Waals surface area contributed by atoms with Gasteiger partial charge in [0.1, 0.15) is 21.6 Å². The molecule has 0 aliphatic rings. The highest BCUT2D eigenvalue weighted by molar-refractivity contribution is 7.21. The first-order chi connectivity index (χ1) is 16.8. The first-order valence-electron chi connectivity index (χ1n) is 10.2. The van der Waals surface area contributed by atoms with Crippen molar-refractivity contribution in [3.05, 3.63) is 50.5 Å². The van der Waals surface area contributed by atoms with Crippen molar-refractivity contribution in [3.8, 4) is 11.1 Å². The normalized spacial score (nSPS) is 11.7. The molecule has 0 aromatic carbocycles. The number of primary amides is 1. The number of hydrogen-bond acceptors (Lipinski definition) is 8. The molecule has 2 amide bonds. The number of alkyl halides is 3. The van der Waals surface area contributed by atoms with Gasteiger partial charge in [-0.3, -0.25) is 29.1 Å². The van der Waals surface area contributed by atoms with Crippen LogP contribution in [0.25, 0.3) is 21.3 Å². The van der Waals surface area contributed by atoms with E-state index < -0.39 is 40.0 Å². The molecule has 0 radical (unpaired) electrons. The van der Waals surface area contributed by atoms with Crippen molar-refractivity contribution in [3.63, 3.8) is 0 Å². The Hall–Kier alpha value is -4.34. The number of fused-ring (bicyclic) bond motifs is 1. The fourth-order valence-electron chi connectivity index (χ4n) is 3.77. The molecular formula is C20H17F3N8O4S. The van der Waals surface area contributed by atoms with E-state index in [9.17, 15) is 32.9 Å². The van der Waals surface area contributed by atoms with Crippen LogP contribution in [0.5, 0.6) is 0 Å². The molecule has 4 aromatic rings. The number of nitro groups is 1. The number of halogens is 3. The van der Waals surface area contributed by atoms with Gasteiger partial charge in [-0.2, -0.15) is 23.4 Å².